The molecule has 2 aromatic rings. The van der Waals surface area contributed by atoms with E-state index >= 15 is 0 Å². The maximum atomic E-state index is 13.4. The summed E-state index contributed by atoms with van der Waals surface area (Å²) < 4.78 is 11.6. The number of benzene rings is 2. The second-order valence-corrected chi connectivity index (χ2v) is 8.21. The Morgan fingerprint density at radius 1 is 1.07 bits per heavy atom. The highest BCUT2D eigenvalue weighted by molar-refractivity contribution is 6.08. The van der Waals surface area contributed by atoms with E-state index in [1.165, 1.54) is 15.4 Å². The predicted octanol–water partition coefficient (Wildman–Crippen LogP) is 0.700. The Morgan fingerprint density at radius 3 is 2.73 bits per heavy atom. The molecule has 3 atom stereocenters. The fraction of sp³-hybridized carbons (Fsp3) is 0.391. The van der Waals surface area contributed by atoms with Gasteiger partial charge < -0.3 is 19.7 Å². The number of para-hydroxylation sites is 1. The van der Waals surface area contributed by atoms with Gasteiger partial charge in [-0.2, -0.15) is 0 Å². The number of rotatable bonds is 4. The van der Waals surface area contributed by atoms with Crippen LogP contribution < -0.4 is 15.0 Å². The molecule has 1 spiro atoms. The maximum Gasteiger partial charge on any atom is 0.325 e. The minimum atomic E-state index is -1.03. The fourth-order valence-corrected chi connectivity index (χ4v) is 4.76. The smallest absolute Gasteiger partial charge is 0.325 e. The number of nitrogens with zero attached hydrogens (tertiary/aromatic N) is 1. The number of carbonyl (C=O) groups excluding carboxylic acids is 2. The van der Waals surface area contributed by atoms with Gasteiger partial charge in [0, 0.05) is 17.5 Å². The number of ether oxygens (including phenoxy) is 2. The summed E-state index contributed by atoms with van der Waals surface area (Å²) in [6.45, 7) is 3.88. The zero-order valence-corrected chi connectivity index (χ0v) is 16.8. The predicted molar refractivity (Wildman–Crippen MR) is 109 cm³/mol. The summed E-state index contributed by atoms with van der Waals surface area (Å²) in [6, 6.07) is 17.5. The van der Waals surface area contributed by atoms with Gasteiger partial charge in [0.15, 0.2) is 5.54 Å². The van der Waals surface area contributed by atoms with E-state index < -0.39 is 5.54 Å². The minimum absolute atomic E-state index is 0.169. The van der Waals surface area contributed by atoms with Crippen molar-refractivity contribution in [3.63, 3.8) is 0 Å². The molecule has 1 unspecified atom stereocenters. The molecule has 0 saturated carbocycles. The van der Waals surface area contributed by atoms with Gasteiger partial charge >= 0.3 is 6.03 Å². The molecule has 3 heterocycles. The maximum absolute atomic E-state index is 13.4. The van der Waals surface area contributed by atoms with Crippen molar-refractivity contribution in [3.05, 3.63) is 65.7 Å². The van der Waals surface area contributed by atoms with Crippen LogP contribution >= 0.6 is 0 Å². The standard InChI is InChI=1S/C23H25N3O4/c27-21-23(10-12-30-20-9-5-4-8-19(20)23)24-22(28)26(21)16-18-15-25(11-13-29-18)14-17-6-2-1-3-7-17/h1-9,18H,10-16H2,(H,24,28)/p+1/t18-,23+/m1/s1. The normalized spacial score (nSPS) is 28.2. The number of hydrogen-bond acceptors (Lipinski definition) is 4. The molecule has 5 rings (SSSR count). The lowest BCUT2D eigenvalue weighted by Crippen LogP contribution is -3.13. The van der Waals surface area contributed by atoms with Crippen molar-refractivity contribution in [1.29, 1.82) is 0 Å². The van der Waals surface area contributed by atoms with Crippen LogP contribution in [0.3, 0.4) is 0 Å². The highest BCUT2D eigenvalue weighted by atomic mass is 16.5. The van der Waals surface area contributed by atoms with E-state index in [9.17, 15) is 9.59 Å². The Morgan fingerprint density at radius 2 is 1.87 bits per heavy atom. The minimum Gasteiger partial charge on any atom is -0.493 e. The number of quaternary nitrogens is 1. The molecule has 3 aliphatic heterocycles. The van der Waals surface area contributed by atoms with Crippen molar-refractivity contribution in [1.82, 2.24) is 10.2 Å². The van der Waals surface area contributed by atoms with Gasteiger partial charge in [-0.05, 0) is 6.07 Å². The van der Waals surface area contributed by atoms with Gasteiger partial charge in [0.1, 0.15) is 31.5 Å². The lowest BCUT2D eigenvalue weighted by Gasteiger charge is -2.34. The number of urea groups is 1. The largest absolute Gasteiger partial charge is 0.493 e. The van der Waals surface area contributed by atoms with Crippen molar-refractivity contribution in [2.75, 3.05) is 32.8 Å². The van der Waals surface area contributed by atoms with Crippen LogP contribution in [0.2, 0.25) is 0 Å². The van der Waals surface area contributed by atoms with Gasteiger partial charge in [-0.25, -0.2) is 4.79 Å². The summed E-state index contributed by atoms with van der Waals surface area (Å²) in [5, 5.41) is 2.96. The van der Waals surface area contributed by atoms with Gasteiger partial charge in [-0.3, -0.25) is 9.69 Å². The molecule has 0 aliphatic carbocycles. The summed E-state index contributed by atoms with van der Waals surface area (Å²) in [5.41, 5.74) is 0.982. The molecule has 2 N–H and O–H groups in total. The highest BCUT2D eigenvalue weighted by Crippen LogP contribution is 2.41. The topological polar surface area (TPSA) is 72.3 Å². The average Bonchev–Trinajstić information content (AvgIpc) is 3.00. The number of imide groups is 1. The molecule has 2 fully saturated rings. The van der Waals surface area contributed by atoms with E-state index in [4.69, 9.17) is 9.47 Å². The van der Waals surface area contributed by atoms with Crippen LogP contribution in [0.25, 0.3) is 0 Å². The van der Waals surface area contributed by atoms with Crippen LogP contribution in [0.15, 0.2) is 54.6 Å². The molecule has 7 heteroatoms. The third-order valence-corrected chi connectivity index (χ3v) is 6.27. The van der Waals surface area contributed by atoms with Crippen molar-refractivity contribution in [3.8, 4) is 5.75 Å². The van der Waals surface area contributed by atoms with Gasteiger partial charge in [0.05, 0.1) is 19.8 Å². The third-order valence-electron chi connectivity index (χ3n) is 6.27. The van der Waals surface area contributed by atoms with Crippen LogP contribution in [0, 0.1) is 0 Å². The number of fused-ring (bicyclic) bond motifs is 2. The molecule has 7 nitrogen and oxygen atoms in total. The Bertz CT molecular complexity index is 950. The number of amides is 3. The summed E-state index contributed by atoms with van der Waals surface area (Å²) in [5.74, 6) is 0.452. The van der Waals surface area contributed by atoms with Gasteiger partial charge in [0.25, 0.3) is 5.91 Å². The summed E-state index contributed by atoms with van der Waals surface area (Å²) >= 11 is 0. The lowest BCUT2D eigenvalue weighted by molar-refractivity contribution is -0.925. The van der Waals surface area contributed by atoms with Crippen LogP contribution in [0.5, 0.6) is 5.75 Å². The van der Waals surface area contributed by atoms with Crippen molar-refractivity contribution in [2.45, 2.75) is 24.6 Å². The molecule has 30 heavy (non-hydrogen) atoms. The second-order valence-electron chi connectivity index (χ2n) is 8.21. The van der Waals surface area contributed by atoms with E-state index in [0.717, 1.165) is 25.2 Å². The second kappa shape index (κ2) is 7.74. The first kappa shape index (κ1) is 19.1. The Kier molecular flexibility index (Phi) is 4.92. The molecule has 2 saturated heterocycles. The molecular weight excluding hydrogens is 382 g/mol. The molecule has 3 amide bonds. The molecule has 0 bridgehead atoms. The van der Waals surface area contributed by atoms with Crippen LogP contribution in [-0.4, -0.2) is 55.8 Å². The van der Waals surface area contributed by atoms with Crippen LogP contribution in [0.4, 0.5) is 4.79 Å². The SMILES string of the molecule is O=C1N[C@]2(CCOc3ccccc32)C(=O)N1C[C@H]1C[NH+](Cc2ccccc2)CCO1. The first-order valence-corrected chi connectivity index (χ1v) is 10.5. The van der Waals surface area contributed by atoms with E-state index in [2.05, 4.69) is 17.4 Å². The Balaban J connectivity index is 1.30. The van der Waals surface area contributed by atoms with E-state index in [-0.39, 0.29) is 24.6 Å². The quantitative estimate of drug-likeness (QED) is 0.731. The number of carbonyl (C=O) groups is 2. The van der Waals surface area contributed by atoms with Crippen molar-refractivity contribution < 1.29 is 24.0 Å². The number of hydrogen-bond donors (Lipinski definition) is 2. The molecule has 0 aromatic heterocycles. The Labute approximate surface area is 175 Å². The average molecular weight is 408 g/mol. The summed E-state index contributed by atoms with van der Waals surface area (Å²) in [4.78, 5) is 29.0. The van der Waals surface area contributed by atoms with Crippen LogP contribution in [-0.2, 0) is 21.6 Å². The number of morpholine rings is 1. The Hall–Kier alpha value is -2.90. The van der Waals surface area contributed by atoms with E-state index in [1.807, 2.05) is 42.5 Å². The van der Waals surface area contributed by atoms with Crippen molar-refractivity contribution in [2.24, 2.45) is 0 Å². The molecule has 2 aromatic carbocycles. The first-order valence-electron chi connectivity index (χ1n) is 10.5. The highest BCUT2D eigenvalue weighted by Gasteiger charge is 2.55. The summed E-state index contributed by atoms with van der Waals surface area (Å²) in [7, 11) is 0. The van der Waals surface area contributed by atoms with Gasteiger partial charge in [0.2, 0.25) is 0 Å². The molecule has 156 valence electrons. The zero-order valence-electron chi connectivity index (χ0n) is 16.8. The molecule has 3 aliphatic rings. The third kappa shape index (κ3) is 3.34. The molecular formula is C23H26N3O4+. The van der Waals surface area contributed by atoms with Crippen molar-refractivity contribution >= 4 is 11.9 Å². The zero-order chi connectivity index (χ0) is 20.6. The summed E-state index contributed by atoms with van der Waals surface area (Å²) in [6.07, 6.45) is 0.263. The fourth-order valence-electron chi connectivity index (χ4n) is 4.76. The van der Waals surface area contributed by atoms with E-state index in [1.54, 1.807) is 0 Å². The van der Waals surface area contributed by atoms with Gasteiger partial charge in [-0.1, -0.05) is 48.5 Å². The number of nitrogens with one attached hydrogen (secondary N) is 2. The monoisotopic (exact) mass is 408 g/mol. The van der Waals surface area contributed by atoms with Gasteiger partial charge in [-0.15, -0.1) is 0 Å². The van der Waals surface area contributed by atoms with Crippen LogP contribution in [0.1, 0.15) is 17.5 Å². The first-order chi connectivity index (χ1) is 14.7. The molecule has 0 radical (unpaired) electrons. The lowest BCUT2D eigenvalue weighted by atomic mass is 9.84. The van der Waals surface area contributed by atoms with E-state index in [0.29, 0.717) is 25.4 Å².